The Balaban J connectivity index is 1.62. The van der Waals surface area contributed by atoms with Crippen molar-refractivity contribution in [3.05, 3.63) is 71.8 Å². The molecule has 144 valence electrons. The molecule has 0 fully saturated rings. The fourth-order valence-electron chi connectivity index (χ4n) is 2.30. The lowest BCUT2D eigenvalue weighted by atomic mass is 10.2. The first-order valence-electron chi connectivity index (χ1n) is 8.37. The number of carbonyl (C=O) groups excluding carboxylic acids is 1. The molecule has 3 aromatic rings. The topological polar surface area (TPSA) is 95.2 Å². The highest BCUT2D eigenvalue weighted by atomic mass is 16.5. The maximum Gasteiger partial charge on any atom is 0.373 e. The van der Waals surface area contributed by atoms with Crippen LogP contribution in [0.2, 0.25) is 0 Å². The van der Waals surface area contributed by atoms with Gasteiger partial charge in [0.2, 0.25) is 5.76 Å². The Hall–Kier alpha value is -3.81. The van der Waals surface area contributed by atoms with E-state index in [1.807, 2.05) is 24.3 Å². The van der Waals surface area contributed by atoms with Crippen molar-refractivity contribution in [1.29, 1.82) is 0 Å². The zero-order chi connectivity index (χ0) is 19.8. The van der Waals surface area contributed by atoms with Crippen LogP contribution in [0.4, 0.5) is 5.82 Å². The Morgan fingerprint density at radius 3 is 2.82 bits per heavy atom. The minimum Gasteiger partial charge on any atom is -0.493 e. The lowest BCUT2D eigenvalue weighted by molar-refractivity contribution is 0.0561. The van der Waals surface area contributed by atoms with Gasteiger partial charge in [-0.2, -0.15) is 5.10 Å². The molecule has 8 nitrogen and oxygen atoms in total. The van der Waals surface area contributed by atoms with E-state index in [2.05, 4.69) is 20.2 Å². The van der Waals surface area contributed by atoms with E-state index >= 15 is 0 Å². The molecule has 0 aliphatic rings. The molecule has 0 atom stereocenters. The minimum absolute atomic E-state index is 0.125. The second kappa shape index (κ2) is 9.22. The van der Waals surface area contributed by atoms with Crippen LogP contribution in [0.25, 0.3) is 0 Å². The summed E-state index contributed by atoms with van der Waals surface area (Å²) >= 11 is 0. The predicted octanol–water partition coefficient (Wildman–Crippen LogP) is 3.49. The molecule has 0 unspecified atom stereocenters. The Bertz CT molecular complexity index is 953. The standard InChI is InChI=1S/C20H19N3O5/c1-25-18-11-14(12-22-23-19-5-3-4-10-21-19)6-8-16(18)27-13-15-7-9-17(28-15)20(24)26-2/h3-12H,13H2,1-2H3,(H,21,23)/b22-12-. The van der Waals surface area contributed by atoms with E-state index in [9.17, 15) is 4.79 Å². The number of hydrazone groups is 1. The Labute approximate surface area is 161 Å². The lowest BCUT2D eigenvalue weighted by Gasteiger charge is -2.10. The van der Waals surface area contributed by atoms with Gasteiger partial charge < -0.3 is 18.6 Å². The van der Waals surface area contributed by atoms with Crippen molar-refractivity contribution in [2.75, 3.05) is 19.6 Å². The van der Waals surface area contributed by atoms with Crippen LogP contribution in [-0.4, -0.2) is 31.4 Å². The summed E-state index contributed by atoms with van der Waals surface area (Å²) < 4.78 is 21.1. The van der Waals surface area contributed by atoms with Gasteiger partial charge in [0.25, 0.3) is 0 Å². The number of aromatic nitrogens is 1. The molecule has 0 radical (unpaired) electrons. The van der Waals surface area contributed by atoms with Crippen LogP contribution in [-0.2, 0) is 11.3 Å². The molecule has 0 saturated carbocycles. The number of hydrogen-bond donors (Lipinski definition) is 1. The van der Waals surface area contributed by atoms with Crippen LogP contribution in [0, 0.1) is 0 Å². The smallest absolute Gasteiger partial charge is 0.373 e. The van der Waals surface area contributed by atoms with Gasteiger partial charge in [0.1, 0.15) is 18.2 Å². The maximum atomic E-state index is 11.4. The quantitative estimate of drug-likeness (QED) is 0.362. The van der Waals surface area contributed by atoms with Crippen molar-refractivity contribution in [3.8, 4) is 11.5 Å². The van der Waals surface area contributed by atoms with Crippen molar-refractivity contribution in [2.24, 2.45) is 5.10 Å². The third-order valence-electron chi connectivity index (χ3n) is 3.66. The number of rotatable bonds is 8. The molecule has 0 aliphatic carbocycles. The molecule has 0 spiro atoms. The molecule has 0 aliphatic heterocycles. The van der Waals surface area contributed by atoms with Gasteiger partial charge in [0.05, 0.1) is 20.4 Å². The van der Waals surface area contributed by atoms with Gasteiger partial charge in [0, 0.05) is 6.20 Å². The predicted molar refractivity (Wildman–Crippen MR) is 103 cm³/mol. The molecular formula is C20H19N3O5. The number of hydrogen-bond acceptors (Lipinski definition) is 8. The number of nitrogens with one attached hydrogen (secondary N) is 1. The number of anilines is 1. The van der Waals surface area contributed by atoms with Crippen molar-refractivity contribution in [3.63, 3.8) is 0 Å². The van der Waals surface area contributed by atoms with Crippen LogP contribution in [0.5, 0.6) is 11.5 Å². The molecule has 28 heavy (non-hydrogen) atoms. The molecule has 2 heterocycles. The van der Waals surface area contributed by atoms with Gasteiger partial charge >= 0.3 is 5.97 Å². The van der Waals surface area contributed by atoms with Crippen molar-refractivity contribution >= 4 is 18.0 Å². The first-order valence-corrected chi connectivity index (χ1v) is 8.37. The van der Waals surface area contributed by atoms with E-state index in [1.165, 1.54) is 13.2 Å². The van der Waals surface area contributed by atoms with E-state index in [-0.39, 0.29) is 12.4 Å². The molecular weight excluding hydrogens is 362 g/mol. The average molecular weight is 381 g/mol. The van der Waals surface area contributed by atoms with Crippen molar-refractivity contribution in [1.82, 2.24) is 4.98 Å². The van der Waals surface area contributed by atoms with Crippen LogP contribution >= 0.6 is 0 Å². The highest BCUT2D eigenvalue weighted by molar-refractivity contribution is 5.86. The first kappa shape index (κ1) is 19.0. The number of benzene rings is 1. The average Bonchev–Trinajstić information content (AvgIpc) is 3.22. The summed E-state index contributed by atoms with van der Waals surface area (Å²) in [6, 6.07) is 14.1. The van der Waals surface area contributed by atoms with E-state index in [0.717, 1.165) is 5.56 Å². The van der Waals surface area contributed by atoms with Crippen LogP contribution < -0.4 is 14.9 Å². The zero-order valence-electron chi connectivity index (χ0n) is 15.4. The monoisotopic (exact) mass is 381 g/mol. The normalized spacial score (nSPS) is 10.6. The first-order chi connectivity index (χ1) is 13.7. The summed E-state index contributed by atoms with van der Waals surface area (Å²) in [6.07, 6.45) is 3.33. The molecule has 3 rings (SSSR count). The van der Waals surface area contributed by atoms with Crippen LogP contribution in [0.15, 0.2) is 64.2 Å². The summed E-state index contributed by atoms with van der Waals surface area (Å²) in [6.45, 7) is 0.141. The third-order valence-corrected chi connectivity index (χ3v) is 3.66. The van der Waals surface area contributed by atoms with Gasteiger partial charge in [-0.15, -0.1) is 0 Å². The minimum atomic E-state index is -0.535. The number of esters is 1. The summed E-state index contributed by atoms with van der Waals surface area (Å²) in [4.78, 5) is 15.5. The third kappa shape index (κ3) is 4.88. The SMILES string of the molecule is COC(=O)c1ccc(COc2ccc(/C=N\Nc3ccccn3)cc2OC)o1. The van der Waals surface area contributed by atoms with E-state index in [0.29, 0.717) is 23.1 Å². The molecule has 2 aromatic heterocycles. The maximum absolute atomic E-state index is 11.4. The van der Waals surface area contributed by atoms with E-state index in [1.54, 1.807) is 37.7 Å². The van der Waals surface area contributed by atoms with Gasteiger partial charge in [-0.25, -0.2) is 9.78 Å². The molecule has 0 bridgehead atoms. The number of methoxy groups -OCH3 is 2. The van der Waals surface area contributed by atoms with Gasteiger partial charge in [0.15, 0.2) is 11.5 Å². The fraction of sp³-hybridized carbons (Fsp3) is 0.150. The largest absolute Gasteiger partial charge is 0.493 e. The van der Waals surface area contributed by atoms with E-state index < -0.39 is 5.97 Å². The second-order valence-electron chi connectivity index (χ2n) is 5.54. The number of ether oxygens (including phenoxy) is 3. The number of carbonyl (C=O) groups is 1. The Kier molecular flexibility index (Phi) is 6.25. The van der Waals surface area contributed by atoms with Gasteiger partial charge in [-0.1, -0.05) is 6.07 Å². The fourth-order valence-corrected chi connectivity index (χ4v) is 2.30. The highest BCUT2D eigenvalue weighted by Crippen LogP contribution is 2.28. The Morgan fingerprint density at radius 1 is 1.18 bits per heavy atom. The van der Waals surface area contributed by atoms with Crippen molar-refractivity contribution < 1.29 is 23.4 Å². The number of nitrogens with zero attached hydrogens (tertiary/aromatic N) is 2. The molecule has 1 aromatic carbocycles. The highest BCUT2D eigenvalue weighted by Gasteiger charge is 2.12. The summed E-state index contributed by atoms with van der Waals surface area (Å²) in [7, 11) is 2.85. The molecule has 1 N–H and O–H groups in total. The second-order valence-corrected chi connectivity index (χ2v) is 5.54. The van der Waals surface area contributed by atoms with E-state index in [4.69, 9.17) is 13.9 Å². The zero-order valence-corrected chi connectivity index (χ0v) is 15.4. The Morgan fingerprint density at radius 2 is 2.07 bits per heavy atom. The number of furan rings is 1. The molecule has 0 saturated heterocycles. The molecule has 0 amide bonds. The van der Waals surface area contributed by atoms with Gasteiger partial charge in [-0.05, 0) is 48.0 Å². The number of pyridine rings is 1. The van der Waals surface area contributed by atoms with Gasteiger partial charge in [-0.3, -0.25) is 5.43 Å². The molecule has 8 heteroatoms. The van der Waals surface area contributed by atoms with Crippen LogP contribution in [0.1, 0.15) is 21.9 Å². The summed E-state index contributed by atoms with van der Waals surface area (Å²) in [5.41, 5.74) is 3.66. The summed E-state index contributed by atoms with van der Waals surface area (Å²) in [5.74, 6) is 1.81. The van der Waals surface area contributed by atoms with Crippen LogP contribution in [0.3, 0.4) is 0 Å². The lowest BCUT2D eigenvalue weighted by Crippen LogP contribution is -2.00. The summed E-state index contributed by atoms with van der Waals surface area (Å²) in [5, 5.41) is 4.15. The van der Waals surface area contributed by atoms with Crippen molar-refractivity contribution in [2.45, 2.75) is 6.61 Å².